The molecule has 0 heterocycles. The lowest BCUT2D eigenvalue weighted by Gasteiger charge is -2.41. The van der Waals surface area contributed by atoms with Crippen LogP contribution in [0.5, 0.6) is 0 Å². The maximum absolute atomic E-state index is 6.64. The minimum atomic E-state index is -0.0990. The molecular formula is C34H42N2O3S. The van der Waals surface area contributed by atoms with Crippen LogP contribution >= 0.6 is 11.8 Å². The SMILES string of the molecule is C=C(C)CCN=C(N)S[C@H]1C[C@H](COCc2ccccc2)[C@@H](OCc2ccccc2)[C@H](OCc2ccccc2)C1. The number of benzene rings is 3. The van der Waals surface area contributed by atoms with Crippen LogP contribution in [0.15, 0.2) is 108 Å². The molecule has 6 heteroatoms. The standard InChI is InChI=1S/C34H42N2O3S/c1-26(2)18-19-36-34(35)40-31-20-30(25-37-22-27-12-6-3-7-13-27)33(39-24-29-16-10-5-11-17-29)32(21-31)38-23-28-14-8-4-9-15-28/h3-17,30-33H,1,18-25H2,2H3,(H2,35,36)/t30-,31+,32-,33-/m1/s1. The third kappa shape index (κ3) is 10.3. The van der Waals surface area contributed by atoms with Gasteiger partial charge in [0, 0.05) is 17.7 Å². The van der Waals surface area contributed by atoms with E-state index in [1.54, 1.807) is 11.8 Å². The van der Waals surface area contributed by atoms with E-state index in [0.717, 1.165) is 41.5 Å². The molecule has 3 aromatic carbocycles. The minimum absolute atomic E-state index is 0.0938. The van der Waals surface area contributed by atoms with Crippen molar-refractivity contribution in [3.05, 3.63) is 120 Å². The van der Waals surface area contributed by atoms with E-state index in [1.165, 1.54) is 0 Å². The van der Waals surface area contributed by atoms with Crippen molar-refractivity contribution in [1.82, 2.24) is 0 Å². The molecule has 0 aromatic heterocycles. The monoisotopic (exact) mass is 558 g/mol. The van der Waals surface area contributed by atoms with Gasteiger partial charge in [0.25, 0.3) is 0 Å². The first kappa shape index (κ1) is 30.1. The van der Waals surface area contributed by atoms with Gasteiger partial charge in [-0.2, -0.15) is 0 Å². The van der Waals surface area contributed by atoms with Gasteiger partial charge < -0.3 is 19.9 Å². The summed E-state index contributed by atoms with van der Waals surface area (Å²) in [7, 11) is 0. The van der Waals surface area contributed by atoms with Crippen molar-refractivity contribution in [3.8, 4) is 0 Å². The molecule has 4 rings (SSSR count). The van der Waals surface area contributed by atoms with Crippen LogP contribution in [0.3, 0.4) is 0 Å². The van der Waals surface area contributed by atoms with Crippen LogP contribution in [0, 0.1) is 5.92 Å². The molecule has 0 spiro atoms. The molecule has 0 unspecified atom stereocenters. The van der Waals surface area contributed by atoms with Gasteiger partial charge in [0.2, 0.25) is 0 Å². The zero-order valence-corrected chi connectivity index (χ0v) is 24.3. The Morgan fingerprint density at radius 3 is 1.95 bits per heavy atom. The molecule has 0 aliphatic heterocycles. The Balaban J connectivity index is 1.49. The fourth-order valence-corrected chi connectivity index (χ4v) is 6.08. The summed E-state index contributed by atoms with van der Waals surface area (Å²) in [5.41, 5.74) is 11.0. The summed E-state index contributed by atoms with van der Waals surface area (Å²) in [6, 6.07) is 30.9. The van der Waals surface area contributed by atoms with E-state index in [1.807, 2.05) is 61.5 Å². The fourth-order valence-electron chi connectivity index (χ4n) is 4.94. The number of thioether (sulfide) groups is 1. The maximum atomic E-state index is 6.64. The Morgan fingerprint density at radius 1 is 0.825 bits per heavy atom. The predicted octanol–water partition coefficient (Wildman–Crippen LogP) is 7.17. The van der Waals surface area contributed by atoms with Crippen molar-refractivity contribution < 1.29 is 14.2 Å². The third-order valence-electron chi connectivity index (χ3n) is 7.02. The molecule has 1 aliphatic rings. The van der Waals surface area contributed by atoms with Crippen LogP contribution in [0.2, 0.25) is 0 Å². The Bertz CT molecular complexity index is 1170. The molecule has 1 aliphatic carbocycles. The van der Waals surface area contributed by atoms with Crippen LogP contribution in [0.1, 0.15) is 42.9 Å². The summed E-state index contributed by atoms with van der Waals surface area (Å²) in [5.74, 6) is 0.155. The highest BCUT2D eigenvalue weighted by atomic mass is 32.2. The smallest absolute Gasteiger partial charge is 0.154 e. The quantitative estimate of drug-likeness (QED) is 0.129. The van der Waals surface area contributed by atoms with Crippen molar-refractivity contribution >= 4 is 16.9 Å². The van der Waals surface area contributed by atoms with E-state index in [4.69, 9.17) is 19.9 Å². The summed E-state index contributed by atoms with van der Waals surface area (Å²) < 4.78 is 19.5. The van der Waals surface area contributed by atoms with Crippen molar-refractivity contribution in [2.24, 2.45) is 16.6 Å². The number of rotatable bonds is 14. The van der Waals surface area contributed by atoms with Crippen LogP contribution in [-0.4, -0.2) is 35.8 Å². The first-order chi connectivity index (χ1) is 19.6. The molecule has 212 valence electrons. The number of amidine groups is 1. The van der Waals surface area contributed by atoms with Gasteiger partial charge in [-0.1, -0.05) is 108 Å². The van der Waals surface area contributed by atoms with Gasteiger partial charge in [-0.3, -0.25) is 4.99 Å². The lowest BCUT2D eigenvalue weighted by molar-refractivity contribution is -0.139. The molecule has 0 radical (unpaired) electrons. The van der Waals surface area contributed by atoms with E-state index in [0.29, 0.717) is 38.1 Å². The van der Waals surface area contributed by atoms with Crippen molar-refractivity contribution in [1.29, 1.82) is 0 Å². The highest BCUT2D eigenvalue weighted by Gasteiger charge is 2.40. The Hall–Kier alpha value is -2.90. The number of aliphatic imine (C=N–C) groups is 1. The van der Waals surface area contributed by atoms with Gasteiger partial charge in [-0.05, 0) is 42.9 Å². The number of hydrogen-bond acceptors (Lipinski definition) is 5. The lowest BCUT2D eigenvalue weighted by Crippen LogP contribution is -2.47. The molecule has 0 saturated heterocycles. The third-order valence-corrected chi connectivity index (χ3v) is 8.11. The van der Waals surface area contributed by atoms with Gasteiger partial charge in [0.15, 0.2) is 5.17 Å². The van der Waals surface area contributed by atoms with Crippen molar-refractivity contribution in [2.75, 3.05) is 13.2 Å². The molecule has 0 bridgehead atoms. The number of hydrogen-bond donors (Lipinski definition) is 1. The zero-order valence-electron chi connectivity index (χ0n) is 23.5. The van der Waals surface area contributed by atoms with Gasteiger partial charge in [0.1, 0.15) is 0 Å². The van der Waals surface area contributed by atoms with Crippen molar-refractivity contribution in [2.45, 2.75) is 63.5 Å². The predicted molar refractivity (Wildman–Crippen MR) is 166 cm³/mol. The maximum Gasteiger partial charge on any atom is 0.154 e. The first-order valence-electron chi connectivity index (χ1n) is 14.1. The molecule has 5 nitrogen and oxygen atoms in total. The number of nitrogens with zero attached hydrogens (tertiary/aromatic N) is 1. The summed E-state index contributed by atoms with van der Waals surface area (Å²) in [6.07, 6.45) is 2.41. The average molecular weight is 559 g/mol. The van der Waals surface area contributed by atoms with Gasteiger partial charge >= 0.3 is 0 Å². The Kier molecular flexibility index (Phi) is 12.3. The van der Waals surface area contributed by atoms with E-state index in [9.17, 15) is 0 Å². The first-order valence-corrected chi connectivity index (χ1v) is 15.0. The second kappa shape index (κ2) is 16.4. The van der Waals surface area contributed by atoms with E-state index in [-0.39, 0.29) is 23.4 Å². The van der Waals surface area contributed by atoms with E-state index < -0.39 is 0 Å². The fraction of sp³-hybridized carbons (Fsp3) is 0.382. The minimum Gasteiger partial charge on any atom is -0.379 e. The second-order valence-electron chi connectivity index (χ2n) is 10.5. The normalized spacial score (nSPS) is 21.3. The van der Waals surface area contributed by atoms with Crippen molar-refractivity contribution in [3.63, 3.8) is 0 Å². The molecule has 1 saturated carbocycles. The topological polar surface area (TPSA) is 66.1 Å². The van der Waals surface area contributed by atoms with E-state index >= 15 is 0 Å². The number of nitrogens with two attached hydrogens (primary N) is 1. The largest absolute Gasteiger partial charge is 0.379 e. The van der Waals surface area contributed by atoms with Gasteiger partial charge in [0.05, 0.1) is 38.6 Å². The highest BCUT2D eigenvalue weighted by Crippen LogP contribution is 2.37. The lowest BCUT2D eigenvalue weighted by atomic mass is 9.84. The van der Waals surface area contributed by atoms with E-state index in [2.05, 4.69) is 48.0 Å². The highest BCUT2D eigenvalue weighted by molar-refractivity contribution is 8.14. The number of ether oxygens (including phenoxy) is 3. The molecule has 40 heavy (non-hydrogen) atoms. The molecular weight excluding hydrogens is 516 g/mol. The van der Waals surface area contributed by atoms with Crippen LogP contribution < -0.4 is 5.73 Å². The van der Waals surface area contributed by atoms with Gasteiger partial charge in [-0.25, -0.2) is 0 Å². The van der Waals surface area contributed by atoms with Crippen LogP contribution in [-0.2, 0) is 34.0 Å². The Labute approximate surface area is 243 Å². The molecule has 3 aromatic rings. The summed E-state index contributed by atoms with van der Waals surface area (Å²) in [6.45, 7) is 8.88. The molecule has 1 fully saturated rings. The molecule has 0 amide bonds. The van der Waals surface area contributed by atoms with Crippen LogP contribution in [0.25, 0.3) is 0 Å². The second-order valence-corrected chi connectivity index (χ2v) is 11.8. The molecule has 4 atom stereocenters. The molecule has 2 N–H and O–H groups in total. The van der Waals surface area contributed by atoms with Gasteiger partial charge in [-0.15, -0.1) is 6.58 Å². The van der Waals surface area contributed by atoms with Crippen LogP contribution in [0.4, 0.5) is 0 Å². The summed E-state index contributed by atoms with van der Waals surface area (Å²) >= 11 is 1.65. The summed E-state index contributed by atoms with van der Waals surface area (Å²) in [4.78, 5) is 4.59. The zero-order chi connectivity index (χ0) is 28.0. The summed E-state index contributed by atoms with van der Waals surface area (Å²) in [5, 5.41) is 0.886. The Morgan fingerprint density at radius 2 is 1.38 bits per heavy atom. The average Bonchev–Trinajstić information content (AvgIpc) is 2.97.